The Balaban J connectivity index is 2.93. The summed E-state index contributed by atoms with van der Waals surface area (Å²) in [5.74, 6) is 0. The first-order valence-electron chi connectivity index (χ1n) is 11.5. The second-order valence-corrected chi connectivity index (χ2v) is 7.67. The molecular weight excluding hydrogens is 376 g/mol. The molecule has 0 aliphatic heterocycles. The highest BCUT2D eigenvalue weighted by Gasteiger charge is 2.10. The molecule has 0 heterocycles. The van der Waals surface area contributed by atoms with Crippen molar-refractivity contribution in [1.29, 1.82) is 0 Å². The molecule has 8 heteroatoms. The first-order chi connectivity index (χ1) is 14.8. The molecule has 0 radical (unpaired) electrons. The second kappa shape index (κ2) is 18.7. The van der Waals surface area contributed by atoms with Crippen LogP contribution in [0, 0.1) is 0 Å². The van der Waals surface area contributed by atoms with Crippen LogP contribution in [0.4, 0.5) is 0 Å². The molecule has 174 valence electrons. The summed E-state index contributed by atoms with van der Waals surface area (Å²) in [4.78, 5) is 0. The number of hydrogen-bond donors (Lipinski definition) is 8. The topological polar surface area (TPSA) is 152 Å². The van der Waals surface area contributed by atoms with Crippen molar-refractivity contribution in [3.8, 4) is 0 Å². The SMILES string of the molecule is NCCCNCc1cc(CNCCCN)c(CNCCCN)cc1CNCCCN. The van der Waals surface area contributed by atoms with Crippen molar-refractivity contribution in [2.75, 3.05) is 52.4 Å². The van der Waals surface area contributed by atoms with Crippen LogP contribution < -0.4 is 44.2 Å². The van der Waals surface area contributed by atoms with Crippen LogP contribution in [0.5, 0.6) is 0 Å². The largest absolute Gasteiger partial charge is 0.330 e. The molecule has 0 unspecified atom stereocenters. The van der Waals surface area contributed by atoms with E-state index < -0.39 is 0 Å². The molecule has 0 aromatic heterocycles. The van der Waals surface area contributed by atoms with Gasteiger partial charge in [0, 0.05) is 26.2 Å². The lowest BCUT2D eigenvalue weighted by Gasteiger charge is -2.19. The lowest BCUT2D eigenvalue weighted by Crippen LogP contribution is -2.25. The summed E-state index contributed by atoms with van der Waals surface area (Å²) in [6.45, 7) is 9.99. The van der Waals surface area contributed by atoms with Gasteiger partial charge in [0.1, 0.15) is 0 Å². The third-order valence-electron chi connectivity index (χ3n) is 5.01. The number of nitrogens with two attached hydrogens (primary N) is 4. The number of hydrogen-bond acceptors (Lipinski definition) is 8. The Labute approximate surface area is 183 Å². The normalized spacial score (nSPS) is 11.3. The van der Waals surface area contributed by atoms with E-state index in [-0.39, 0.29) is 0 Å². The van der Waals surface area contributed by atoms with Gasteiger partial charge in [-0.3, -0.25) is 0 Å². The van der Waals surface area contributed by atoms with E-state index in [9.17, 15) is 0 Å². The Kier molecular flexibility index (Phi) is 16.7. The molecule has 0 fully saturated rings. The van der Waals surface area contributed by atoms with Gasteiger partial charge < -0.3 is 44.2 Å². The lowest BCUT2D eigenvalue weighted by molar-refractivity contribution is 0.616. The van der Waals surface area contributed by atoms with E-state index in [2.05, 4.69) is 33.4 Å². The van der Waals surface area contributed by atoms with E-state index in [1.54, 1.807) is 0 Å². The Morgan fingerprint density at radius 2 is 0.667 bits per heavy atom. The van der Waals surface area contributed by atoms with Crippen molar-refractivity contribution in [3.63, 3.8) is 0 Å². The Morgan fingerprint density at radius 1 is 0.433 bits per heavy atom. The summed E-state index contributed by atoms with van der Waals surface area (Å²) in [7, 11) is 0. The molecule has 0 amide bonds. The molecule has 0 spiro atoms. The molecule has 1 aromatic carbocycles. The first kappa shape index (κ1) is 26.9. The molecule has 8 nitrogen and oxygen atoms in total. The third-order valence-corrected chi connectivity index (χ3v) is 5.01. The predicted molar refractivity (Wildman–Crippen MR) is 128 cm³/mol. The molecular formula is C22H46N8. The minimum Gasteiger partial charge on any atom is -0.330 e. The van der Waals surface area contributed by atoms with E-state index in [4.69, 9.17) is 22.9 Å². The van der Waals surface area contributed by atoms with Crippen molar-refractivity contribution >= 4 is 0 Å². The zero-order valence-electron chi connectivity index (χ0n) is 18.8. The molecule has 12 N–H and O–H groups in total. The van der Waals surface area contributed by atoms with Gasteiger partial charge in [-0.15, -0.1) is 0 Å². The molecule has 1 aromatic rings. The van der Waals surface area contributed by atoms with Crippen LogP contribution in [0.15, 0.2) is 12.1 Å². The van der Waals surface area contributed by atoms with Crippen molar-refractivity contribution < 1.29 is 0 Å². The zero-order chi connectivity index (χ0) is 21.9. The van der Waals surface area contributed by atoms with E-state index in [0.29, 0.717) is 26.2 Å². The van der Waals surface area contributed by atoms with Crippen LogP contribution in [0.1, 0.15) is 47.9 Å². The average molecular weight is 423 g/mol. The van der Waals surface area contributed by atoms with Gasteiger partial charge >= 0.3 is 0 Å². The van der Waals surface area contributed by atoms with Gasteiger partial charge in [0.2, 0.25) is 0 Å². The molecule has 30 heavy (non-hydrogen) atoms. The third kappa shape index (κ3) is 11.9. The van der Waals surface area contributed by atoms with Crippen molar-refractivity contribution in [2.24, 2.45) is 22.9 Å². The second-order valence-electron chi connectivity index (χ2n) is 7.67. The van der Waals surface area contributed by atoms with Gasteiger partial charge in [-0.2, -0.15) is 0 Å². The number of nitrogens with one attached hydrogen (secondary N) is 4. The fraction of sp³-hybridized carbons (Fsp3) is 0.727. The molecule has 0 saturated carbocycles. The van der Waals surface area contributed by atoms with Crippen molar-refractivity contribution in [2.45, 2.75) is 51.9 Å². The maximum absolute atomic E-state index is 5.63. The average Bonchev–Trinajstić information content (AvgIpc) is 2.76. The Hall–Kier alpha value is -1.10. The fourth-order valence-corrected chi connectivity index (χ4v) is 3.25. The van der Waals surface area contributed by atoms with E-state index in [1.165, 1.54) is 22.3 Å². The molecule has 0 saturated heterocycles. The van der Waals surface area contributed by atoms with E-state index in [1.807, 2.05) is 0 Å². The summed E-state index contributed by atoms with van der Waals surface area (Å²) >= 11 is 0. The van der Waals surface area contributed by atoms with E-state index >= 15 is 0 Å². The van der Waals surface area contributed by atoms with Crippen LogP contribution in [-0.2, 0) is 26.2 Å². The van der Waals surface area contributed by atoms with Gasteiger partial charge in [0.05, 0.1) is 0 Å². The Bertz CT molecular complexity index is 448. The van der Waals surface area contributed by atoms with Gasteiger partial charge in [-0.1, -0.05) is 12.1 Å². The molecule has 0 atom stereocenters. The lowest BCUT2D eigenvalue weighted by atomic mass is 9.97. The summed E-state index contributed by atoms with van der Waals surface area (Å²) in [6.07, 6.45) is 3.95. The highest BCUT2D eigenvalue weighted by molar-refractivity contribution is 5.39. The predicted octanol–water partition coefficient (Wildman–Crippen LogP) is -0.560. The van der Waals surface area contributed by atoms with Gasteiger partial charge in [-0.05, 0) is 100 Å². The number of benzene rings is 1. The highest BCUT2D eigenvalue weighted by atomic mass is 14.9. The van der Waals surface area contributed by atoms with Crippen molar-refractivity contribution in [3.05, 3.63) is 34.4 Å². The van der Waals surface area contributed by atoms with Crippen LogP contribution in [-0.4, -0.2) is 52.4 Å². The van der Waals surface area contributed by atoms with Crippen LogP contribution in [0.2, 0.25) is 0 Å². The monoisotopic (exact) mass is 422 g/mol. The van der Waals surface area contributed by atoms with Crippen LogP contribution in [0.3, 0.4) is 0 Å². The fourth-order valence-electron chi connectivity index (χ4n) is 3.25. The first-order valence-corrected chi connectivity index (χ1v) is 11.5. The molecule has 0 aliphatic carbocycles. The minimum atomic E-state index is 0.713. The summed E-state index contributed by atoms with van der Waals surface area (Å²) in [6, 6.07) is 4.70. The number of rotatable bonds is 20. The van der Waals surface area contributed by atoms with E-state index in [0.717, 1.165) is 78.0 Å². The summed E-state index contributed by atoms with van der Waals surface area (Å²) < 4.78 is 0. The summed E-state index contributed by atoms with van der Waals surface area (Å²) in [5.41, 5.74) is 27.9. The molecule has 0 bridgehead atoms. The Morgan fingerprint density at radius 3 is 0.867 bits per heavy atom. The maximum atomic E-state index is 5.63. The molecule has 1 rings (SSSR count). The van der Waals surface area contributed by atoms with Crippen LogP contribution >= 0.6 is 0 Å². The highest BCUT2D eigenvalue weighted by Crippen LogP contribution is 2.18. The van der Waals surface area contributed by atoms with Crippen LogP contribution in [0.25, 0.3) is 0 Å². The maximum Gasteiger partial charge on any atom is 0.0208 e. The summed E-state index contributed by atoms with van der Waals surface area (Å²) in [5, 5.41) is 14.1. The zero-order valence-corrected chi connectivity index (χ0v) is 18.8. The quantitative estimate of drug-likeness (QED) is 0.130. The van der Waals surface area contributed by atoms with Gasteiger partial charge in [0.15, 0.2) is 0 Å². The smallest absolute Gasteiger partial charge is 0.0208 e. The molecule has 0 aliphatic rings. The van der Waals surface area contributed by atoms with Gasteiger partial charge in [0.25, 0.3) is 0 Å². The standard InChI is InChI=1S/C22H46N8/c23-5-1-9-27-15-19-13-21(17-29-11-3-7-25)22(18-30-12-4-8-26)14-20(19)16-28-10-2-6-24/h13-14,27-30H,1-12,15-18,23-26H2. The van der Waals surface area contributed by atoms with Gasteiger partial charge in [-0.25, -0.2) is 0 Å². The van der Waals surface area contributed by atoms with Crippen molar-refractivity contribution in [1.82, 2.24) is 21.3 Å². The minimum absolute atomic E-state index is 0.713.